The number of amides is 3. The van der Waals surface area contributed by atoms with Gasteiger partial charge in [-0.25, -0.2) is 13.2 Å². The molecule has 0 aliphatic carbocycles. The Labute approximate surface area is 201 Å². The lowest BCUT2D eigenvalue weighted by molar-refractivity contribution is -0.137. The van der Waals surface area contributed by atoms with E-state index in [1.165, 1.54) is 18.2 Å². The van der Waals surface area contributed by atoms with Gasteiger partial charge in [0.25, 0.3) is 5.91 Å². The number of hydrogen-bond acceptors (Lipinski definition) is 4. The summed E-state index contributed by atoms with van der Waals surface area (Å²) >= 11 is 17.7. The predicted octanol–water partition coefficient (Wildman–Crippen LogP) is 5.18. The minimum Gasteiger partial charge on any atom is -0.337 e. The molecule has 178 valence electrons. The third-order valence-corrected chi connectivity index (χ3v) is 7.46. The third kappa shape index (κ3) is 6.03. The van der Waals surface area contributed by atoms with Gasteiger partial charge in [-0.2, -0.15) is 13.2 Å². The summed E-state index contributed by atoms with van der Waals surface area (Å²) in [7, 11) is -3.31. The zero-order valence-corrected chi connectivity index (χ0v) is 19.6. The van der Waals surface area contributed by atoms with Gasteiger partial charge in [-0.3, -0.25) is 4.79 Å². The molecule has 1 aliphatic rings. The Morgan fingerprint density at radius 2 is 1.55 bits per heavy atom. The Bertz CT molecular complexity index is 1210. The van der Waals surface area contributed by atoms with Crippen LogP contribution in [0.15, 0.2) is 30.3 Å². The largest absolute Gasteiger partial charge is 0.417 e. The molecular weight excluding hydrogens is 530 g/mol. The number of nitrogens with zero attached hydrogens (tertiary/aromatic N) is 1. The van der Waals surface area contributed by atoms with E-state index in [4.69, 9.17) is 34.8 Å². The number of carbonyl (C=O) groups is 2. The zero-order valence-electron chi connectivity index (χ0n) is 16.5. The van der Waals surface area contributed by atoms with E-state index in [0.29, 0.717) is 6.07 Å². The second-order valence-electron chi connectivity index (χ2n) is 7.00. The van der Waals surface area contributed by atoms with Crippen LogP contribution in [0.4, 0.5) is 29.3 Å². The summed E-state index contributed by atoms with van der Waals surface area (Å²) in [5.41, 5.74) is -1.99. The highest BCUT2D eigenvalue weighted by Crippen LogP contribution is 2.38. The van der Waals surface area contributed by atoms with Gasteiger partial charge in [0, 0.05) is 13.1 Å². The Morgan fingerprint density at radius 1 is 0.939 bits per heavy atom. The lowest BCUT2D eigenvalue weighted by Crippen LogP contribution is -2.44. The standard InChI is InChI=1S/C19H15Cl3F3N3O4S/c20-12-2-1-3-14(16(12)22)26-18(30)27-15-9-11(19(23,24)25)13(21)8-10(15)17(29)28-4-6-33(31,32)7-5-28/h1-3,8-9H,4-7H2,(H2,26,27,30). The molecule has 33 heavy (non-hydrogen) atoms. The number of sulfone groups is 1. The van der Waals surface area contributed by atoms with Gasteiger partial charge in [0.2, 0.25) is 0 Å². The fourth-order valence-corrected chi connectivity index (χ4v) is 4.85. The van der Waals surface area contributed by atoms with Crippen molar-refractivity contribution in [3.8, 4) is 0 Å². The number of benzene rings is 2. The van der Waals surface area contributed by atoms with E-state index >= 15 is 0 Å². The van der Waals surface area contributed by atoms with Gasteiger partial charge >= 0.3 is 12.2 Å². The van der Waals surface area contributed by atoms with Gasteiger partial charge in [0.15, 0.2) is 9.84 Å². The highest BCUT2D eigenvalue weighted by atomic mass is 35.5. The van der Waals surface area contributed by atoms with Crippen LogP contribution >= 0.6 is 34.8 Å². The monoisotopic (exact) mass is 543 g/mol. The van der Waals surface area contributed by atoms with E-state index in [9.17, 15) is 31.2 Å². The summed E-state index contributed by atoms with van der Waals surface area (Å²) in [6.07, 6.45) is -4.86. The van der Waals surface area contributed by atoms with Gasteiger partial charge in [0.05, 0.1) is 49.1 Å². The molecule has 1 fully saturated rings. The maximum Gasteiger partial charge on any atom is 0.417 e. The Balaban J connectivity index is 1.94. The Kier molecular flexibility index (Phi) is 7.37. The minimum absolute atomic E-state index is 0.00669. The first-order chi connectivity index (χ1) is 15.3. The fourth-order valence-electron chi connectivity index (χ4n) is 3.03. The molecule has 3 amide bonds. The van der Waals surface area contributed by atoms with Crippen molar-refractivity contribution in [2.45, 2.75) is 6.18 Å². The molecule has 0 saturated carbocycles. The number of carbonyl (C=O) groups excluding carboxylic acids is 2. The summed E-state index contributed by atoms with van der Waals surface area (Å²) in [6.45, 7) is -0.298. The smallest absolute Gasteiger partial charge is 0.337 e. The first kappa shape index (κ1) is 25.4. The molecule has 1 aliphatic heterocycles. The van der Waals surface area contributed by atoms with E-state index in [1.54, 1.807) is 0 Å². The minimum atomic E-state index is -4.86. The van der Waals surface area contributed by atoms with Crippen LogP contribution in [0, 0.1) is 0 Å². The second kappa shape index (κ2) is 9.57. The summed E-state index contributed by atoms with van der Waals surface area (Å²) in [4.78, 5) is 26.6. The molecule has 1 heterocycles. The van der Waals surface area contributed by atoms with Crippen LogP contribution in [-0.4, -0.2) is 49.9 Å². The van der Waals surface area contributed by atoms with E-state index in [-0.39, 0.29) is 45.9 Å². The van der Waals surface area contributed by atoms with Gasteiger partial charge in [0.1, 0.15) is 0 Å². The van der Waals surface area contributed by atoms with E-state index in [2.05, 4.69) is 10.6 Å². The fraction of sp³-hybridized carbons (Fsp3) is 0.263. The van der Waals surface area contributed by atoms with Crippen molar-refractivity contribution in [2.75, 3.05) is 35.2 Å². The van der Waals surface area contributed by atoms with E-state index < -0.39 is 44.2 Å². The molecule has 2 aromatic carbocycles. The Hall–Kier alpha value is -2.21. The maximum absolute atomic E-state index is 13.4. The van der Waals surface area contributed by atoms with Gasteiger partial charge in [-0.05, 0) is 24.3 Å². The summed E-state index contributed by atoms with van der Waals surface area (Å²) < 4.78 is 63.4. The average Bonchev–Trinajstić information content (AvgIpc) is 2.71. The van der Waals surface area contributed by atoms with Gasteiger partial charge < -0.3 is 15.5 Å². The summed E-state index contributed by atoms with van der Waals surface area (Å²) in [5, 5.41) is 3.94. The van der Waals surface area contributed by atoms with Crippen molar-refractivity contribution in [3.63, 3.8) is 0 Å². The molecule has 2 aromatic rings. The number of rotatable bonds is 3. The van der Waals surface area contributed by atoms with E-state index in [0.717, 1.165) is 11.0 Å². The van der Waals surface area contributed by atoms with Crippen molar-refractivity contribution in [1.82, 2.24) is 4.90 Å². The van der Waals surface area contributed by atoms with Crippen molar-refractivity contribution < 1.29 is 31.2 Å². The molecule has 3 rings (SSSR count). The molecule has 0 spiro atoms. The quantitative estimate of drug-likeness (QED) is 0.557. The van der Waals surface area contributed by atoms with Crippen LogP contribution in [0.1, 0.15) is 15.9 Å². The summed E-state index contributed by atoms with van der Waals surface area (Å²) in [5.74, 6) is -1.36. The Morgan fingerprint density at radius 3 is 2.15 bits per heavy atom. The topological polar surface area (TPSA) is 95.6 Å². The normalized spacial score (nSPS) is 15.8. The molecule has 7 nitrogen and oxygen atoms in total. The lowest BCUT2D eigenvalue weighted by atomic mass is 10.1. The van der Waals surface area contributed by atoms with Crippen LogP contribution in [0.5, 0.6) is 0 Å². The number of anilines is 2. The molecule has 0 aromatic heterocycles. The van der Waals surface area contributed by atoms with Crippen LogP contribution < -0.4 is 10.6 Å². The number of hydrogen-bond donors (Lipinski definition) is 2. The number of nitrogens with one attached hydrogen (secondary N) is 2. The second-order valence-corrected chi connectivity index (χ2v) is 10.5. The zero-order chi connectivity index (χ0) is 24.6. The van der Waals surface area contributed by atoms with Crippen molar-refractivity contribution in [3.05, 3.63) is 56.5 Å². The third-order valence-electron chi connectivity index (χ3n) is 4.72. The van der Waals surface area contributed by atoms with Crippen LogP contribution in [-0.2, 0) is 16.0 Å². The van der Waals surface area contributed by atoms with E-state index in [1.807, 2.05) is 0 Å². The molecule has 2 N–H and O–H groups in total. The molecular formula is C19H15Cl3F3N3O4S. The molecule has 1 saturated heterocycles. The average molecular weight is 545 g/mol. The molecule has 0 bridgehead atoms. The highest BCUT2D eigenvalue weighted by molar-refractivity contribution is 7.91. The first-order valence-electron chi connectivity index (χ1n) is 9.21. The molecule has 0 atom stereocenters. The van der Waals surface area contributed by atoms with Crippen LogP contribution in [0.2, 0.25) is 15.1 Å². The summed E-state index contributed by atoms with van der Waals surface area (Å²) in [6, 6.07) is 4.71. The molecule has 0 unspecified atom stereocenters. The van der Waals surface area contributed by atoms with Crippen LogP contribution in [0.3, 0.4) is 0 Å². The van der Waals surface area contributed by atoms with Gasteiger partial charge in [-0.1, -0.05) is 40.9 Å². The number of halogens is 6. The predicted molar refractivity (Wildman–Crippen MR) is 120 cm³/mol. The number of urea groups is 1. The maximum atomic E-state index is 13.4. The first-order valence-corrected chi connectivity index (χ1v) is 12.2. The molecule has 14 heteroatoms. The van der Waals surface area contributed by atoms with Crippen molar-refractivity contribution >= 4 is 68.0 Å². The highest BCUT2D eigenvalue weighted by Gasteiger charge is 2.36. The van der Waals surface area contributed by atoms with Crippen molar-refractivity contribution in [1.29, 1.82) is 0 Å². The SMILES string of the molecule is O=C(Nc1cc(C(F)(F)F)c(Cl)cc1C(=O)N1CCS(=O)(=O)CC1)Nc1cccc(Cl)c1Cl. The molecule has 0 radical (unpaired) electrons. The van der Waals surface area contributed by atoms with Crippen molar-refractivity contribution in [2.24, 2.45) is 0 Å². The number of alkyl halides is 3. The van der Waals surface area contributed by atoms with Crippen LogP contribution in [0.25, 0.3) is 0 Å². The van der Waals surface area contributed by atoms with Gasteiger partial charge in [-0.15, -0.1) is 0 Å². The lowest BCUT2D eigenvalue weighted by Gasteiger charge is -2.28.